The van der Waals surface area contributed by atoms with Gasteiger partial charge in [-0.05, 0) is 32.1 Å². The fourth-order valence-electron chi connectivity index (χ4n) is 2.13. The molecule has 1 aliphatic heterocycles. The zero-order valence-electron chi connectivity index (χ0n) is 8.43. The van der Waals surface area contributed by atoms with Gasteiger partial charge in [0.25, 0.3) is 0 Å². The van der Waals surface area contributed by atoms with Gasteiger partial charge in [-0.15, -0.1) is 0 Å². The summed E-state index contributed by atoms with van der Waals surface area (Å²) in [5.74, 6) is 2.45. The van der Waals surface area contributed by atoms with Crippen molar-refractivity contribution in [3.8, 4) is 0 Å². The van der Waals surface area contributed by atoms with Crippen molar-refractivity contribution in [1.29, 1.82) is 0 Å². The zero-order valence-corrected chi connectivity index (χ0v) is 10.1. The van der Waals surface area contributed by atoms with E-state index in [9.17, 15) is 0 Å². The summed E-state index contributed by atoms with van der Waals surface area (Å²) in [6.45, 7) is 6.46. The fraction of sp³-hybridized carbons (Fsp3) is 1.00. The molecule has 0 spiro atoms. The highest BCUT2D eigenvalue weighted by Crippen LogP contribution is 2.55. The van der Waals surface area contributed by atoms with E-state index in [-0.39, 0.29) is 0 Å². The summed E-state index contributed by atoms with van der Waals surface area (Å²) in [6.07, 6.45) is 5.93. The van der Waals surface area contributed by atoms with Crippen LogP contribution < -0.4 is 0 Å². The predicted octanol–water partition coefficient (Wildman–Crippen LogP) is 4.36. The van der Waals surface area contributed by atoms with Crippen LogP contribution in [0.1, 0.15) is 46.5 Å². The molecule has 0 N–H and O–H groups in total. The van der Waals surface area contributed by atoms with Crippen molar-refractivity contribution in [2.75, 3.05) is 5.75 Å². The van der Waals surface area contributed by atoms with Crippen LogP contribution in [0.5, 0.6) is 0 Å². The molecular weight excluding hydrogens is 184 g/mol. The third-order valence-corrected chi connectivity index (χ3v) is 6.32. The number of rotatable bonds is 0. The largest absolute Gasteiger partial charge is 0.0936 e. The van der Waals surface area contributed by atoms with E-state index in [0.29, 0.717) is 4.75 Å². The Morgan fingerprint density at radius 1 is 1.25 bits per heavy atom. The number of fused-ring (bicyclic) bond motifs is 1. The van der Waals surface area contributed by atoms with Crippen LogP contribution in [0.25, 0.3) is 0 Å². The molecule has 0 aromatic heterocycles. The van der Waals surface area contributed by atoms with Gasteiger partial charge in [0.15, 0.2) is 0 Å². The van der Waals surface area contributed by atoms with Gasteiger partial charge in [0, 0.05) is 10.5 Å². The van der Waals surface area contributed by atoms with Gasteiger partial charge < -0.3 is 0 Å². The van der Waals surface area contributed by atoms with Gasteiger partial charge in [-0.1, -0.05) is 41.9 Å². The number of hydrogen-bond donors (Lipinski definition) is 0. The Hall–Kier alpha value is 0.700. The Balaban J connectivity index is 0.000000336. The molecule has 2 atom stereocenters. The molecule has 0 aromatic rings. The topological polar surface area (TPSA) is 0 Å². The van der Waals surface area contributed by atoms with Crippen LogP contribution in [0.3, 0.4) is 0 Å². The van der Waals surface area contributed by atoms with E-state index in [1.54, 1.807) is 0 Å². The van der Waals surface area contributed by atoms with Crippen LogP contribution in [-0.4, -0.2) is 10.5 Å². The summed E-state index contributed by atoms with van der Waals surface area (Å²) in [4.78, 5) is 0. The van der Waals surface area contributed by atoms with Crippen LogP contribution >= 0.6 is 21.6 Å². The molecule has 0 radical (unpaired) electrons. The third kappa shape index (κ3) is 2.14. The van der Waals surface area contributed by atoms with Crippen molar-refractivity contribution in [2.24, 2.45) is 5.92 Å². The van der Waals surface area contributed by atoms with Crippen molar-refractivity contribution < 1.29 is 0 Å². The first-order chi connectivity index (χ1) is 5.81. The zero-order chi connectivity index (χ0) is 9.03. The summed E-state index contributed by atoms with van der Waals surface area (Å²) >= 11 is 0. The van der Waals surface area contributed by atoms with Crippen molar-refractivity contribution in [1.82, 2.24) is 0 Å². The van der Waals surface area contributed by atoms with E-state index in [1.165, 1.54) is 31.4 Å². The molecule has 2 heteroatoms. The van der Waals surface area contributed by atoms with E-state index in [2.05, 4.69) is 28.5 Å². The molecule has 72 valence electrons. The lowest BCUT2D eigenvalue weighted by molar-refractivity contribution is 0.449. The van der Waals surface area contributed by atoms with Gasteiger partial charge in [-0.2, -0.15) is 0 Å². The molecule has 2 fully saturated rings. The normalized spacial score (nSPS) is 39.8. The Morgan fingerprint density at radius 3 is 2.67 bits per heavy atom. The minimum Gasteiger partial charge on any atom is -0.0936 e. The second-order valence-corrected chi connectivity index (χ2v) is 6.55. The van der Waals surface area contributed by atoms with Gasteiger partial charge >= 0.3 is 0 Å². The van der Waals surface area contributed by atoms with E-state index >= 15 is 0 Å². The average molecular weight is 204 g/mol. The lowest BCUT2D eigenvalue weighted by atomic mass is 9.94. The van der Waals surface area contributed by atoms with E-state index in [1.807, 2.05) is 13.8 Å². The van der Waals surface area contributed by atoms with Gasteiger partial charge in [-0.25, -0.2) is 0 Å². The highest BCUT2D eigenvalue weighted by Gasteiger charge is 2.41. The van der Waals surface area contributed by atoms with Crippen LogP contribution in [-0.2, 0) is 0 Å². The van der Waals surface area contributed by atoms with Gasteiger partial charge in [-0.3, -0.25) is 0 Å². The summed E-state index contributed by atoms with van der Waals surface area (Å²) in [6, 6.07) is 0. The second-order valence-electron chi connectivity index (χ2n) is 3.60. The minimum absolute atomic E-state index is 0.670. The summed E-state index contributed by atoms with van der Waals surface area (Å²) < 4.78 is 0.670. The molecule has 1 saturated carbocycles. The molecule has 2 aliphatic rings. The molecule has 0 nitrogen and oxygen atoms in total. The van der Waals surface area contributed by atoms with Crippen LogP contribution in [0, 0.1) is 5.92 Å². The lowest BCUT2D eigenvalue weighted by Gasteiger charge is -2.34. The van der Waals surface area contributed by atoms with E-state index < -0.39 is 0 Å². The van der Waals surface area contributed by atoms with E-state index in [4.69, 9.17) is 0 Å². The maximum absolute atomic E-state index is 2.46. The van der Waals surface area contributed by atoms with Crippen LogP contribution in [0.15, 0.2) is 0 Å². The first-order valence-corrected chi connectivity index (χ1v) is 7.44. The maximum atomic E-state index is 2.46. The smallest absolute Gasteiger partial charge is 0.0264 e. The summed E-state index contributed by atoms with van der Waals surface area (Å²) in [7, 11) is 4.24. The van der Waals surface area contributed by atoms with Crippen molar-refractivity contribution >= 4 is 21.6 Å². The molecule has 1 heterocycles. The molecule has 0 amide bonds. The first-order valence-electron chi connectivity index (χ1n) is 5.12. The molecular formula is C10H20S2. The van der Waals surface area contributed by atoms with Crippen LogP contribution in [0.4, 0.5) is 0 Å². The van der Waals surface area contributed by atoms with Crippen molar-refractivity contribution in [3.05, 3.63) is 0 Å². The molecule has 12 heavy (non-hydrogen) atoms. The molecule has 2 rings (SSSR count). The Labute approximate surface area is 84.7 Å². The first kappa shape index (κ1) is 10.8. The fourth-order valence-corrected chi connectivity index (χ4v) is 5.47. The molecule has 2 unspecified atom stereocenters. The highest BCUT2D eigenvalue weighted by atomic mass is 33.1. The molecule has 0 aromatic carbocycles. The Morgan fingerprint density at radius 2 is 2.00 bits per heavy atom. The monoisotopic (exact) mass is 204 g/mol. The van der Waals surface area contributed by atoms with Crippen LogP contribution in [0.2, 0.25) is 0 Å². The predicted molar refractivity (Wildman–Crippen MR) is 61.8 cm³/mol. The Bertz CT molecular complexity index is 136. The van der Waals surface area contributed by atoms with E-state index in [0.717, 1.165) is 5.92 Å². The van der Waals surface area contributed by atoms with Gasteiger partial charge in [0.2, 0.25) is 0 Å². The van der Waals surface area contributed by atoms with Crippen molar-refractivity contribution in [3.63, 3.8) is 0 Å². The molecule has 1 saturated heterocycles. The SMILES string of the molecule is CC.CC12CCCC1CCSS2. The standard InChI is InChI=1S/C8H14S2.C2H6/c1-8-5-2-3-7(8)4-6-9-10-8;1-2/h7H,2-6H2,1H3;1-2H3. The summed E-state index contributed by atoms with van der Waals surface area (Å²) in [5, 5.41) is 0. The lowest BCUT2D eigenvalue weighted by Crippen LogP contribution is -2.27. The summed E-state index contributed by atoms with van der Waals surface area (Å²) in [5.41, 5.74) is 0. The average Bonchev–Trinajstić information content (AvgIpc) is 2.49. The minimum atomic E-state index is 0.670. The third-order valence-electron chi connectivity index (χ3n) is 2.89. The number of hydrogen-bond acceptors (Lipinski definition) is 2. The molecule has 1 aliphatic carbocycles. The van der Waals surface area contributed by atoms with Gasteiger partial charge in [0.1, 0.15) is 0 Å². The Kier molecular flexibility index (Phi) is 4.31. The quantitative estimate of drug-likeness (QED) is 0.538. The second kappa shape index (κ2) is 4.80. The van der Waals surface area contributed by atoms with Gasteiger partial charge in [0.05, 0.1) is 0 Å². The highest BCUT2D eigenvalue weighted by molar-refractivity contribution is 8.77. The maximum Gasteiger partial charge on any atom is 0.0264 e. The van der Waals surface area contributed by atoms with Crippen molar-refractivity contribution in [2.45, 2.75) is 51.2 Å². The molecule has 0 bridgehead atoms.